The number of carbonyl (C=O) groups is 3. The van der Waals surface area contributed by atoms with Gasteiger partial charge >= 0.3 is 6.09 Å². The van der Waals surface area contributed by atoms with Crippen LogP contribution in [0.2, 0.25) is 0 Å². The van der Waals surface area contributed by atoms with E-state index in [0.717, 1.165) is 6.07 Å². The largest absolute Gasteiger partial charge is 0.449 e. The third-order valence-electron chi connectivity index (χ3n) is 5.13. The minimum Gasteiger partial charge on any atom is -0.449 e. The Bertz CT molecular complexity index is 788. The first-order valence-corrected chi connectivity index (χ1v) is 9.46. The van der Waals surface area contributed by atoms with E-state index in [-0.39, 0.29) is 34.9 Å². The topological polar surface area (TPSA) is 79.0 Å². The highest BCUT2D eigenvalue weighted by molar-refractivity contribution is 6.03. The molecule has 2 aliphatic heterocycles. The number of hydrogen-bond acceptors (Lipinski definition) is 4. The molecule has 8 heteroatoms. The number of anilines is 1. The van der Waals surface area contributed by atoms with Gasteiger partial charge in [0.05, 0.1) is 17.9 Å². The first kappa shape index (κ1) is 20.1. The van der Waals surface area contributed by atoms with Crippen molar-refractivity contribution < 1.29 is 23.5 Å². The number of hydrogen-bond donors (Lipinski definition) is 1. The molecule has 0 saturated carbocycles. The third-order valence-corrected chi connectivity index (χ3v) is 5.13. The minimum absolute atomic E-state index is 0.0125. The van der Waals surface area contributed by atoms with Crippen molar-refractivity contribution in [3.05, 3.63) is 29.6 Å². The molecule has 0 aromatic heterocycles. The number of benzene rings is 1. The predicted molar refractivity (Wildman–Crippen MR) is 101 cm³/mol. The van der Waals surface area contributed by atoms with E-state index in [1.165, 1.54) is 19.1 Å². The molecule has 0 bridgehead atoms. The lowest BCUT2D eigenvalue weighted by Crippen LogP contribution is -2.55. The first-order valence-electron chi connectivity index (χ1n) is 9.46. The maximum absolute atomic E-state index is 13.7. The molecule has 0 spiro atoms. The molecular formula is C20H26FN3O4. The van der Waals surface area contributed by atoms with Crippen LogP contribution in [0.4, 0.5) is 14.9 Å². The van der Waals surface area contributed by atoms with Crippen LogP contribution < -0.4 is 5.32 Å². The molecule has 1 N–H and O–H groups in total. The zero-order chi connectivity index (χ0) is 20.5. The lowest BCUT2D eigenvalue weighted by atomic mass is 9.91. The van der Waals surface area contributed by atoms with Gasteiger partial charge in [0.2, 0.25) is 5.91 Å². The van der Waals surface area contributed by atoms with E-state index in [1.807, 2.05) is 0 Å². The molecular weight excluding hydrogens is 365 g/mol. The van der Waals surface area contributed by atoms with Gasteiger partial charge in [-0.2, -0.15) is 0 Å². The Labute approximate surface area is 163 Å². The second-order valence-electron chi connectivity index (χ2n) is 8.24. The maximum Gasteiger partial charge on any atom is 0.410 e. The number of amides is 3. The van der Waals surface area contributed by atoms with Crippen molar-refractivity contribution in [2.75, 3.05) is 31.6 Å². The van der Waals surface area contributed by atoms with E-state index in [4.69, 9.17) is 4.74 Å². The van der Waals surface area contributed by atoms with Crippen LogP contribution in [-0.4, -0.2) is 60.0 Å². The van der Waals surface area contributed by atoms with Gasteiger partial charge in [-0.1, -0.05) is 13.8 Å². The quantitative estimate of drug-likeness (QED) is 0.859. The normalized spacial score (nSPS) is 19.9. The van der Waals surface area contributed by atoms with E-state index >= 15 is 0 Å². The van der Waals surface area contributed by atoms with Crippen LogP contribution in [-0.2, 0) is 9.53 Å². The third kappa shape index (κ3) is 4.43. The van der Waals surface area contributed by atoms with Crippen molar-refractivity contribution in [1.29, 1.82) is 0 Å². The van der Waals surface area contributed by atoms with Crippen molar-refractivity contribution in [2.24, 2.45) is 5.41 Å². The molecule has 0 radical (unpaired) electrons. The van der Waals surface area contributed by atoms with Gasteiger partial charge in [-0.25, -0.2) is 9.18 Å². The fourth-order valence-electron chi connectivity index (χ4n) is 3.73. The SMILES string of the molecule is CC(=O)Nc1ccc(F)cc1C(=O)N1CCC(N2CC(C)(C)COC2=O)CC1. The molecule has 2 fully saturated rings. The Morgan fingerprint density at radius 3 is 2.57 bits per heavy atom. The second-order valence-corrected chi connectivity index (χ2v) is 8.24. The van der Waals surface area contributed by atoms with Crippen molar-refractivity contribution >= 4 is 23.6 Å². The molecule has 1 aromatic carbocycles. The molecule has 2 aliphatic rings. The van der Waals surface area contributed by atoms with Crippen molar-refractivity contribution in [3.8, 4) is 0 Å². The summed E-state index contributed by atoms with van der Waals surface area (Å²) in [4.78, 5) is 39.8. The Hall–Kier alpha value is -2.64. The number of piperidine rings is 1. The second kappa shape index (κ2) is 7.77. The number of likely N-dealkylation sites (tertiary alicyclic amines) is 1. The van der Waals surface area contributed by atoms with E-state index in [1.54, 1.807) is 9.80 Å². The molecule has 2 saturated heterocycles. The predicted octanol–water partition coefficient (Wildman–Crippen LogP) is 2.87. The summed E-state index contributed by atoms with van der Waals surface area (Å²) >= 11 is 0. The highest BCUT2D eigenvalue weighted by Crippen LogP contribution is 2.29. The van der Waals surface area contributed by atoms with Crippen LogP contribution in [0.1, 0.15) is 44.0 Å². The zero-order valence-corrected chi connectivity index (χ0v) is 16.5. The molecule has 0 atom stereocenters. The molecule has 7 nitrogen and oxygen atoms in total. The summed E-state index contributed by atoms with van der Waals surface area (Å²) in [5.41, 5.74) is 0.324. The minimum atomic E-state index is -0.536. The van der Waals surface area contributed by atoms with Crippen LogP contribution in [0.15, 0.2) is 18.2 Å². The highest BCUT2D eigenvalue weighted by atomic mass is 19.1. The summed E-state index contributed by atoms with van der Waals surface area (Å²) in [5.74, 6) is -1.19. The Balaban J connectivity index is 1.68. The van der Waals surface area contributed by atoms with E-state index in [9.17, 15) is 18.8 Å². The number of halogens is 1. The first-order chi connectivity index (χ1) is 13.2. The molecule has 152 valence electrons. The van der Waals surface area contributed by atoms with Crippen molar-refractivity contribution in [3.63, 3.8) is 0 Å². The van der Waals surface area contributed by atoms with Crippen LogP contribution in [0.3, 0.4) is 0 Å². The molecule has 28 heavy (non-hydrogen) atoms. The van der Waals surface area contributed by atoms with Crippen LogP contribution in [0.25, 0.3) is 0 Å². The lowest BCUT2D eigenvalue weighted by molar-refractivity contribution is -0.114. The smallest absolute Gasteiger partial charge is 0.410 e. The number of carbonyl (C=O) groups excluding carboxylic acids is 3. The fraction of sp³-hybridized carbons (Fsp3) is 0.550. The van der Waals surface area contributed by atoms with Gasteiger partial charge in [-0.3, -0.25) is 9.59 Å². The van der Waals surface area contributed by atoms with E-state index < -0.39 is 5.82 Å². The van der Waals surface area contributed by atoms with E-state index in [0.29, 0.717) is 44.8 Å². The summed E-state index contributed by atoms with van der Waals surface area (Å²) < 4.78 is 19.0. The maximum atomic E-state index is 13.7. The Morgan fingerprint density at radius 2 is 1.93 bits per heavy atom. The standard InChI is InChI=1S/C20H26FN3O4/c1-13(25)22-17-5-4-14(21)10-16(17)18(26)23-8-6-15(7-9-23)24-11-20(2,3)12-28-19(24)27/h4-5,10,15H,6-9,11-12H2,1-3H3,(H,22,25). The number of nitrogens with one attached hydrogen (secondary N) is 1. The average Bonchev–Trinajstić information content (AvgIpc) is 2.64. The number of nitrogens with zero attached hydrogens (tertiary/aromatic N) is 2. The zero-order valence-electron chi connectivity index (χ0n) is 16.5. The van der Waals surface area contributed by atoms with Gasteiger partial charge in [-0.05, 0) is 31.0 Å². The number of rotatable bonds is 3. The summed E-state index contributed by atoms with van der Waals surface area (Å²) in [6, 6.07) is 3.75. The summed E-state index contributed by atoms with van der Waals surface area (Å²) in [6.07, 6.45) is 0.950. The van der Waals surface area contributed by atoms with Gasteiger partial charge in [-0.15, -0.1) is 0 Å². The van der Waals surface area contributed by atoms with Gasteiger partial charge in [0.1, 0.15) is 5.82 Å². The van der Waals surface area contributed by atoms with Gasteiger partial charge in [0, 0.05) is 38.0 Å². The molecule has 0 unspecified atom stereocenters. The summed E-state index contributed by atoms with van der Waals surface area (Å²) in [5, 5.41) is 2.57. The lowest BCUT2D eigenvalue weighted by Gasteiger charge is -2.44. The summed E-state index contributed by atoms with van der Waals surface area (Å²) in [7, 11) is 0. The van der Waals surface area contributed by atoms with Crippen molar-refractivity contribution in [2.45, 2.75) is 39.7 Å². The molecule has 2 heterocycles. The molecule has 3 rings (SSSR count). The Morgan fingerprint density at radius 1 is 1.25 bits per heavy atom. The van der Waals surface area contributed by atoms with Crippen LogP contribution in [0.5, 0.6) is 0 Å². The number of ether oxygens (including phenoxy) is 1. The summed E-state index contributed by atoms with van der Waals surface area (Å²) in [6.45, 7) is 7.37. The average molecular weight is 391 g/mol. The fourth-order valence-corrected chi connectivity index (χ4v) is 3.73. The van der Waals surface area contributed by atoms with Crippen LogP contribution >= 0.6 is 0 Å². The van der Waals surface area contributed by atoms with Crippen molar-refractivity contribution in [1.82, 2.24) is 9.80 Å². The van der Waals surface area contributed by atoms with Gasteiger partial charge in [0.15, 0.2) is 0 Å². The number of cyclic esters (lactones) is 1. The Kier molecular flexibility index (Phi) is 5.58. The van der Waals surface area contributed by atoms with Gasteiger partial charge in [0.25, 0.3) is 5.91 Å². The highest BCUT2D eigenvalue weighted by Gasteiger charge is 2.38. The van der Waals surface area contributed by atoms with Crippen LogP contribution in [0, 0.1) is 11.2 Å². The molecule has 0 aliphatic carbocycles. The molecule has 3 amide bonds. The monoisotopic (exact) mass is 391 g/mol. The van der Waals surface area contributed by atoms with E-state index in [2.05, 4.69) is 19.2 Å². The molecule has 1 aromatic rings. The van der Waals surface area contributed by atoms with Gasteiger partial charge < -0.3 is 19.9 Å².